The number of benzene rings is 1. The van der Waals surface area contributed by atoms with E-state index in [0.29, 0.717) is 10.4 Å². The number of aliphatic carboxylic acids is 1. The lowest BCUT2D eigenvalue weighted by atomic mass is 9.93. The highest BCUT2D eigenvalue weighted by atomic mass is 35.5. The molecule has 0 aromatic heterocycles. The van der Waals surface area contributed by atoms with Crippen molar-refractivity contribution in [1.82, 2.24) is 0 Å². The summed E-state index contributed by atoms with van der Waals surface area (Å²) < 4.78 is 0. The maximum absolute atomic E-state index is 10.7. The number of carboxylic acids is 1. The maximum atomic E-state index is 10.7. The Hall–Kier alpha value is -1.48. The summed E-state index contributed by atoms with van der Waals surface area (Å²) in [4.78, 5) is 12.9. The Bertz CT molecular complexity index is 523. The van der Waals surface area contributed by atoms with Gasteiger partial charge in [0.15, 0.2) is 0 Å². The first-order valence-electron chi connectivity index (χ1n) is 6.33. The Morgan fingerprint density at radius 2 is 2.21 bits per heavy atom. The Labute approximate surface area is 118 Å². The van der Waals surface area contributed by atoms with Crippen molar-refractivity contribution in [2.45, 2.75) is 20.3 Å². The van der Waals surface area contributed by atoms with Gasteiger partial charge < -0.3 is 10.0 Å². The Morgan fingerprint density at radius 3 is 2.79 bits per heavy atom. The van der Waals surface area contributed by atoms with Crippen LogP contribution in [0.5, 0.6) is 0 Å². The fourth-order valence-corrected chi connectivity index (χ4v) is 2.61. The molecule has 0 unspecified atom stereocenters. The number of rotatable bonds is 3. The molecule has 3 nitrogen and oxygen atoms in total. The minimum Gasteiger partial charge on any atom is -0.478 e. The molecule has 2 rings (SSSR count). The minimum atomic E-state index is -0.951. The molecular formula is C15H18ClNO2. The third-order valence-corrected chi connectivity index (χ3v) is 3.65. The molecule has 1 aliphatic rings. The van der Waals surface area contributed by atoms with Crippen LogP contribution in [0.25, 0.3) is 6.08 Å². The van der Waals surface area contributed by atoms with Gasteiger partial charge in [0.1, 0.15) is 0 Å². The van der Waals surface area contributed by atoms with Crippen LogP contribution in [-0.4, -0.2) is 24.2 Å². The number of halogens is 1. The van der Waals surface area contributed by atoms with E-state index in [0.717, 1.165) is 36.8 Å². The van der Waals surface area contributed by atoms with E-state index in [-0.39, 0.29) is 0 Å². The summed E-state index contributed by atoms with van der Waals surface area (Å²) >= 11 is 6.00. The lowest BCUT2D eigenvalue weighted by molar-refractivity contribution is -0.131. The van der Waals surface area contributed by atoms with Gasteiger partial charge in [-0.1, -0.05) is 25.4 Å². The second-order valence-electron chi connectivity index (χ2n) is 5.71. The number of anilines is 1. The van der Waals surface area contributed by atoms with Gasteiger partial charge in [-0.3, -0.25) is 0 Å². The van der Waals surface area contributed by atoms with E-state index in [1.54, 1.807) is 6.08 Å². The summed E-state index contributed by atoms with van der Waals surface area (Å²) in [5.74, 6) is -0.951. The molecule has 1 aromatic carbocycles. The van der Waals surface area contributed by atoms with Crippen molar-refractivity contribution < 1.29 is 9.90 Å². The molecular weight excluding hydrogens is 262 g/mol. The minimum absolute atomic E-state index is 0.299. The number of hydrogen-bond donors (Lipinski definition) is 1. The number of nitrogens with zero attached hydrogens (tertiary/aromatic N) is 1. The number of hydrogen-bond acceptors (Lipinski definition) is 2. The molecule has 19 heavy (non-hydrogen) atoms. The molecule has 0 amide bonds. The van der Waals surface area contributed by atoms with E-state index in [2.05, 4.69) is 18.7 Å². The molecule has 0 saturated carbocycles. The third-order valence-electron chi connectivity index (χ3n) is 3.41. The molecule has 1 saturated heterocycles. The molecule has 102 valence electrons. The second-order valence-corrected chi connectivity index (χ2v) is 6.15. The van der Waals surface area contributed by atoms with E-state index in [1.807, 2.05) is 18.2 Å². The van der Waals surface area contributed by atoms with Crippen LogP contribution in [0.15, 0.2) is 24.3 Å². The maximum Gasteiger partial charge on any atom is 0.328 e. The monoisotopic (exact) mass is 279 g/mol. The van der Waals surface area contributed by atoms with Crippen LogP contribution in [0.1, 0.15) is 25.8 Å². The highest BCUT2D eigenvalue weighted by Crippen LogP contribution is 2.35. The zero-order valence-electron chi connectivity index (χ0n) is 11.2. The fourth-order valence-electron chi connectivity index (χ4n) is 2.43. The normalized spacial score (nSPS) is 18.2. The van der Waals surface area contributed by atoms with Crippen molar-refractivity contribution in [3.63, 3.8) is 0 Å². The lowest BCUT2D eigenvalue weighted by Crippen LogP contribution is -2.23. The van der Waals surface area contributed by atoms with E-state index in [4.69, 9.17) is 16.7 Å². The first-order chi connectivity index (χ1) is 8.87. The Kier molecular flexibility index (Phi) is 3.85. The van der Waals surface area contributed by atoms with Crippen LogP contribution in [0.2, 0.25) is 5.02 Å². The highest BCUT2D eigenvalue weighted by Gasteiger charge is 2.29. The fraction of sp³-hybridized carbons (Fsp3) is 0.400. The van der Waals surface area contributed by atoms with E-state index < -0.39 is 5.97 Å². The van der Waals surface area contributed by atoms with Crippen molar-refractivity contribution >= 4 is 29.3 Å². The summed E-state index contributed by atoms with van der Waals surface area (Å²) in [5.41, 5.74) is 2.20. The van der Waals surface area contributed by atoms with E-state index in [1.165, 1.54) is 0 Å². The lowest BCUT2D eigenvalue weighted by Gasteiger charge is -2.23. The van der Waals surface area contributed by atoms with Crippen LogP contribution >= 0.6 is 11.6 Å². The molecule has 1 N–H and O–H groups in total. The molecule has 1 heterocycles. The van der Waals surface area contributed by atoms with Crippen LogP contribution in [0.4, 0.5) is 5.69 Å². The summed E-state index contributed by atoms with van der Waals surface area (Å²) in [6, 6.07) is 5.62. The zero-order valence-corrected chi connectivity index (χ0v) is 11.9. The topological polar surface area (TPSA) is 40.5 Å². The molecule has 0 atom stereocenters. The third kappa shape index (κ3) is 3.51. The molecule has 0 aliphatic carbocycles. The number of carboxylic acid groups (broad SMARTS) is 1. The Balaban J connectivity index is 2.32. The Morgan fingerprint density at radius 1 is 1.47 bits per heavy atom. The van der Waals surface area contributed by atoms with Crippen LogP contribution in [-0.2, 0) is 4.79 Å². The largest absolute Gasteiger partial charge is 0.478 e. The summed E-state index contributed by atoms with van der Waals surface area (Å²) in [6.07, 6.45) is 3.89. The molecule has 1 aliphatic heterocycles. The summed E-state index contributed by atoms with van der Waals surface area (Å²) in [5, 5.41) is 9.37. The van der Waals surface area contributed by atoms with E-state index in [9.17, 15) is 4.79 Å². The number of carbonyl (C=O) groups is 1. The zero-order chi connectivity index (χ0) is 14.0. The average molecular weight is 280 g/mol. The van der Waals surface area contributed by atoms with E-state index >= 15 is 0 Å². The molecule has 1 fully saturated rings. The van der Waals surface area contributed by atoms with Crippen LogP contribution < -0.4 is 4.90 Å². The van der Waals surface area contributed by atoms with Crippen molar-refractivity contribution in [2.75, 3.05) is 18.0 Å². The first-order valence-corrected chi connectivity index (χ1v) is 6.71. The van der Waals surface area contributed by atoms with Crippen LogP contribution in [0.3, 0.4) is 0 Å². The van der Waals surface area contributed by atoms with Gasteiger partial charge in [0.05, 0.1) is 0 Å². The van der Waals surface area contributed by atoms with Gasteiger partial charge in [0, 0.05) is 29.9 Å². The molecule has 0 spiro atoms. The standard InChI is InChI=1S/C15H18ClNO2/c1-15(2)7-8-17(10-15)13-5-4-12(16)9-11(13)3-6-14(18)19/h3-6,9H,7-8,10H2,1-2H3,(H,18,19)/b6-3+. The quantitative estimate of drug-likeness (QED) is 0.858. The van der Waals surface area contributed by atoms with Gasteiger partial charge in [-0.05, 0) is 41.7 Å². The van der Waals surface area contributed by atoms with Gasteiger partial charge in [-0.2, -0.15) is 0 Å². The van der Waals surface area contributed by atoms with Gasteiger partial charge in [-0.25, -0.2) is 4.79 Å². The molecule has 4 heteroatoms. The van der Waals surface area contributed by atoms with Crippen LogP contribution in [0, 0.1) is 5.41 Å². The van der Waals surface area contributed by atoms with Crippen molar-refractivity contribution in [1.29, 1.82) is 0 Å². The predicted molar refractivity (Wildman–Crippen MR) is 78.7 cm³/mol. The second kappa shape index (κ2) is 5.25. The first kappa shape index (κ1) is 13.9. The van der Waals surface area contributed by atoms with Crippen molar-refractivity contribution in [3.05, 3.63) is 34.9 Å². The van der Waals surface area contributed by atoms with Crippen molar-refractivity contribution in [3.8, 4) is 0 Å². The smallest absolute Gasteiger partial charge is 0.328 e. The SMILES string of the molecule is CC1(C)CCN(c2ccc(Cl)cc2/C=C/C(=O)O)C1. The van der Waals surface area contributed by atoms with Gasteiger partial charge in [-0.15, -0.1) is 0 Å². The highest BCUT2D eigenvalue weighted by molar-refractivity contribution is 6.30. The van der Waals surface area contributed by atoms with Gasteiger partial charge in [0.25, 0.3) is 0 Å². The predicted octanol–water partition coefficient (Wildman–Crippen LogP) is 3.67. The summed E-state index contributed by atoms with van der Waals surface area (Å²) in [6.45, 7) is 6.45. The van der Waals surface area contributed by atoms with Gasteiger partial charge >= 0.3 is 5.97 Å². The van der Waals surface area contributed by atoms with Gasteiger partial charge in [0.2, 0.25) is 0 Å². The molecule has 0 radical (unpaired) electrons. The molecule has 0 bridgehead atoms. The summed E-state index contributed by atoms with van der Waals surface area (Å²) in [7, 11) is 0. The average Bonchev–Trinajstić information content (AvgIpc) is 2.67. The van der Waals surface area contributed by atoms with Crippen molar-refractivity contribution in [2.24, 2.45) is 5.41 Å². The molecule has 1 aromatic rings.